The van der Waals surface area contributed by atoms with E-state index >= 15 is 0 Å². The van der Waals surface area contributed by atoms with E-state index in [2.05, 4.69) is 20.8 Å². The summed E-state index contributed by atoms with van der Waals surface area (Å²) in [7, 11) is 0. The second-order valence-electron chi connectivity index (χ2n) is 12.1. The van der Waals surface area contributed by atoms with Gasteiger partial charge in [0.1, 0.15) is 0 Å². The van der Waals surface area contributed by atoms with Crippen molar-refractivity contribution in [3.05, 3.63) is 0 Å². The average Bonchev–Trinajstić information content (AvgIpc) is 3.06. The fraction of sp³-hybridized carbons (Fsp3) is 0.962. The largest absolute Gasteiger partial charge is 0.479 e. The zero-order chi connectivity index (χ0) is 22.7. The third kappa shape index (κ3) is 3.57. The summed E-state index contributed by atoms with van der Waals surface area (Å²) in [6, 6.07) is 0. The van der Waals surface area contributed by atoms with Crippen LogP contribution in [0.5, 0.6) is 0 Å². The van der Waals surface area contributed by atoms with Crippen LogP contribution in [0.2, 0.25) is 0 Å². The Morgan fingerprint density at radius 3 is 2.32 bits per heavy atom. The van der Waals surface area contributed by atoms with Gasteiger partial charge < -0.3 is 15.3 Å². The summed E-state index contributed by atoms with van der Waals surface area (Å²) in [6.07, 6.45) is 5.70. The SMILES string of the molecule is CC[C@H]1[C@@H](O)C2C3CC[C@H]([C@H](C)C[C@@H](F)C(=O)O)[C@@]3(C)CCC2[C@@]2(C)CC[C@@H](O)C[C@@H]12. The molecule has 31 heavy (non-hydrogen) atoms. The Bertz CT molecular complexity index is 684. The van der Waals surface area contributed by atoms with E-state index in [4.69, 9.17) is 5.11 Å². The van der Waals surface area contributed by atoms with Gasteiger partial charge in [0.15, 0.2) is 6.17 Å². The van der Waals surface area contributed by atoms with Crippen molar-refractivity contribution in [3.63, 3.8) is 0 Å². The number of carboxylic acids is 1. The van der Waals surface area contributed by atoms with Gasteiger partial charge in [0.2, 0.25) is 0 Å². The zero-order valence-corrected chi connectivity index (χ0v) is 19.8. The van der Waals surface area contributed by atoms with Crippen molar-refractivity contribution in [2.45, 2.75) is 104 Å². The van der Waals surface area contributed by atoms with Gasteiger partial charge in [-0.3, -0.25) is 0 Å². The van der Waals surface area contributed by atoms with Crippen molar-refractivity contribution in [2.24, 2.45) is 52.3 Å². The summed E-state index contributed by atoms with van der Waals surface area (Å²) in [5, 5.41) is 31.1. The van der Waals surface area contributed by atoms with E-state index in [1.807, 2.05) is 6.92 Å². The van der Waals surface area contributed by atoms with E-state index in [1.165, 1.54) is 0 Å². The van der Waals surface area contributed by atoms with Crippen molar-refractivity contribution < 1.29 is 24.5 Å². The van der Waals surface area contributed by atoms with Crippen LogP contribution >= 0.6 is 0 Å². The van der Waals surface area contributed by atoms with Gasteiger partial charge in [-0.1, -0.05) is 34.1 Å². The van der Waals surface area contributed by atoms with Crippen LogP contribution in [0.25, 0.3) is 0 Å². The second-order valence-corrected chi connectivity index (χ2v) is 12.1. The molecule has 0 aromatic rings. The number of aliphatic carboxylic acids is 1. The number of carboxylic acid groups (broad SMARTS) is 1. The van der Waals surface area contributed by atoms with Crippen LogP contribution < -0.4 is 0 Å². The number of carbonyl (C=O) groups is 1. The summed E-state index contributed by atoms with van der Waals surface area (Å²) in [4.78, 5) is 11.1. The summed E-state index contributed by atoms with van der Waals surface area (Å²) < 4.78 is 14.0. The highest BCUT2D eigenvalue weighted by atomic mass is 19.1. The first-order chi connectivity index (χ1) is 14.5. The fourth-order valence-corrected chi connectivity index (χ4v) is 9.52. The summed E-state index contributed by atoms with van der Waals surface area (Å²) in [5.74, 6) is 0.831. The molecule has 3 N–H and O–H groups in total. The lowest BCUT2D eigenvalue weighted by Gasteiger charge is -2.64. The van der Waals surface area contributed by atoms with E-state index in [9.17, 15) is 19.4 Å². The number of fused-ring (bicyclic) bond motifs is 5. The van der Waals surface area contributed by atoms with Gasteiger partial charge in [0.25, 0.3) is 0 Å². The molecule has 0 aromatic heterocycles. The number of rotatable bonds is 5. The van der Waals surface area contributed by atoms with Crippen molar-refractivity contribution >= 4 is 5.97 Å². The highest BCUT2D eigenvalue weighted by molar-refractivity contribution is 5.72. The van der Waals surface area contributed by atoms with Crippen LogP contribution in [0.1, 0.15) is 85.5 Å². The van der Waals surface area contributed by atoms with Crippen LogP contribution in [0.15, 0.2) is 0 Å². The molecular weight excluding hydrogens is 395 g/mol. The molecule has 4 fully saturated rings. The van der Waals surface area contributed by atoms with E-state index in [1.54, 1.807) is 0 Å². The van der Waals surface area contributed by atoms with Crippen LogP contribution in [0.4, 0.5) is 4.39 Å². The molecule has 4 saturated carbocycles. The zero-order valence-electron chi connectivity index (χ0n) is 19.8. The van der Waals surface area contributed by atoms with Crippen molar-refractivity contribution in [3.8, 4) is 0 Å². The van der Waals surface area contributed by atoms with Gasteiger partial charge in [-0.05, 0) is 104 Å². The Balaban J connectivity index is 1.61. The van der Waals surface area contributed by atoms with Gasteiger partial charge in [0, 0.05) is 0 Å². The van der Waals surface area contributed by atoms with E-state index in [0.29, 0.717) is 23.7 Å². The molecule has 0 amide bonds. The molecule has 4 nitrogen and oxygen atoms in total. The van der Waals surface area contributed by atoms with Crippen molar-refractivity contribution in [1.82, 2.24) is 0 Å². The van der Waals surface area contributed by atoms with Crippen LogP contribution in [0, 0.1) is 52.3 Å². The lowest BCUT2D eigenvalue weighted by molar-refractivity contribution is -0.203. The standard InChI is InChI=1S/C26H43FO4/c1-5-16-20-13-15(28)8-10-26(20,4)19-9-11-25(3)17(14(2)12-21(27)24(30)31)6-7-18(25)22(19)23(16)29/h14-23,28-29H,5-13H2,1-4H3,(H,30,31)/t14-,15-,16-,17-,18?,19?,20+,21-,22?,23-,25-,26-/m1/s1. The minimum atomic E-state index is -1.79. The number of aliphatic hydroxyl groups is 2. The van der Waals surface area contributed by atoms with Crippen LogP contribution in [-0.2, 0) is 4.79 Å². The molecule has 4 aliphatic carbocycles. The number of aliphatic hydroxyl groups excluding tert-OH is 2. The summed E-state index contributed by atoms with van der Waals surface area (Å²) >= 11 is 0. The lowest BCUT2D eigenvalue weighted by atomic mass is 9.41. The maximum absolute atomic E-state index is 14.0. The van der Waals surface area contributed by atoms with Gasteiger partial charge >= 0.3 is 5.97 Å². The molecule has 0 spiro atoms. The first kappa shape index (κ1) is 23.5. The quantitative estimate of drug-likeness (QED) is 0.560. The predicted molar refractivity (Wildman–Crippen MR) is 118 cm³/mol. The minimum Gasteiger partial charge on any atom is -0.479 e. The molecule has 0 aromatic carbocycles. The molecule has 3 unspecified atom stereocenters. The van der Waals surface area contributed by atoms with E-state index in [0.717, 1.165) is 51.4 Å². The Morgan fingerprint density at radius 1 is 1.03 bits per heavy atom. The molecule has 0 bridgehead atoms. The molecule has 0 radical (unpaired) electrons. The third-order valence-electron chi connectivity index (χ3n) is 11.0. The second kappa shape index (κ2) is 8.27. The van der Waals surface area contributed by atoms with Crippen molar-refractivity contribution in [1.29, 1.82) is 0 Å². The highest BCUT2D eigenvalue weighted by Crippen LogP contribution is 2.69. The first-order valence-electron chi connectivity index (χ1n) is 12.8. The van der Waals surface area contributed by atoms with Gasteiger partial charge in [-0.2, -0.15) is 0 Å². The lowest BCUT2D eigenvalue weighted by Crippen LogP contribution is -2.62. The molecule has 0 saturated heterocycles. The molecular formula is C26H43FO4. The van der Waals surface area contributed by atoms with Gasteiger partial charge in [-0.15, -0.1) is 0 Å². The molecule has 12 atom stereocenters. The molecule has 178 valence electrons. The average molecular weight is 439 g/mol. The summed E-state index contributed by atoms with van der Waals surface area (Å²) in [5.41, 5.74) is 0.234. The van der Waals surface area contributed by atoms with E-state index < -0.39 is 12.1 Å². The molecule has 0 heterocycles. The summed E-state index contributed by atoms with van der Waals surface area (Å²) in [6.45, 7) is 9.01. The predicted octanol–water partition coefficient (Wildman–Crippen LogP) is 5.06. The Hall–Kier alpha value is -0.680. The molecule has 4 aliphatic rings. The van der Waals surface area contributed by atoms with E-state index in [-0.39, 0.29) is 47.2 Å². The topological polar surface area (TPSA) is 77.8 Å². The van der Waals surface area contributed by atoms with Crippen LogP contribution in [0.3, 0.4) is 0 Å². The number of hydrogen-bond acceptors (Lipinski definition) is 3. The first-order valence-corrected chi connectivity index (χ1v) is 12.8. The maximum Gasteiger partial charge on any atom is 0.338 e. The Kier molecular flexibility index (Phi) is 6.26. The van der Waals surface area contributed by atoms with Crippen LogP contribution in [-0.4, -0.2) is 39.7 Å². The van der Waals surface area contributed by atoms with Gasteiger partial charge in [-0.25, -0.2) is 9.18 Å². The molecule has 4 rings (SSSR count). The minimum absolute atomic E-state index is 0.0357. The Morgan fingerprint density at radius 2 is 1.68 bits per heavy atom. The number of halogens is 1. The third-order valence-corrected chi connectivity index (χ3v) is 11.0. The normalized spacial score (nSPS) is 51.3. The number of alkyl halides is 1. The number of hydrogen-bond donors (Lipinski definition) is 3. The highest BCUT2D eigenvalue weighted by Gasteiger charge is 2.64. The van der Waals surface area contributed by atoms with Gasteiger partial charge in [0.05, 0.1) is 12.2 Å². The maximum atomic E-state index is 14.0. The smallest absolute Gasteiger partial charge is 0.338 e. The van der Waals surface area contributed by atoms with Crippen molar-refractivity contribution in [2.75, 3.05) is 0 Å². The monoisotopic (exact) mass is 438 g/mol. The Labute approximate surface area is 187 Å². The fourth-order valence-electron chi connectivity index (χ4n) is 9.52. The molecule has 5 heteroatoms. The molecule has 0 aliphatic heterocycles.